The normalized spacial score (nSPS) is 16.4. The summed E-state index contributed by atoms with van der Waals surface area (Å²) in [5, 5.41) is 6.98. The summed E-state index contributed by atoms with van der Waals surface area (Å²) in [6, 6.07) is 12.6. The Morgan fingerprint density at radius 1 is 1.21 bits per heavy atom. The van der Waals surface area contributed by atoms with Gasteiger partial charge in [-0.05, 0) is 24.3 Å². The molecule has 1 aliphatic heterocycles. The predicted molar refractivity (Wildman–Crippen MR) is 139 cm³/mol. The van der Waals surface area contributed by atoms with Crippen molar-refractivity contribution in [1.29, 1.82) is 0 Å². The lowest BCUT2D eigenvalue weighted by molar-refractivity contribution is -0.124. The van der Waals surface area contributed by atoms with Gasteiger partial charge in [0.15, 0.2) is 0 Å². The van der Waals surface area contributed by atoms with E-state index in [2.05, 4.69) is 30.6 Å². The second kappa shape index (κ2) is 9.94. The second-order valence-electron chi connectivity index (χ2n) is 9.02. The minimum Gasteiger partial charge on any atom is -0.444 e. The maximum atomic E-state index is 13.4. The molecule has 0 spiro atoms. The van der Waals surface area contributed by atoms with Gasteiger partial charge in [0.2, 0.25) is 11.8 Å². The molecule has 0 aliphatic carbocycles. The number of benzene rings is 1. The summed E-state index contributed by atoms with van der Waals surface area (Å²) in [6.45, 7) is 0.541. The van der Waals surface area contributed by atoms with Gasteiger partial charge in [-0.25, -0.2) is 9.97 Å². The monoisotopic (exact) mass is 511 g/mol. The van der Waals surface area contributed by atoms with E-state index in [0.717, 1.165) is 22.2 Å². The Labute approximate surface area is 216 Å². The van der Waals surface area contributed by atoms with Gasteiger partial charge in [-0.3, -0.25) is 19.1 Å². The number of carbonyl (C=O) groups is 1. The van der Waals surface area contributed by atoms with Crippen LogP contribution in [0.3, 0.4) is 0 Å². The number of nitrogens with zero attached hydrogens (tertiary/aromatic N) is 4. The first kappa shape index (κ1) is 23.6. The van der Waals surface area contributed by atoms with Crippen LogP contribution in [0.1, 0.15) is 35.8 Å². The van der Waals surface area contributed by atoms with Gasteiger partial charge >= 0.3 is 0 Å². The highest BCUT2D eigenvalue weighted by atomic mass is 16.5. The van der Waals surface area contributed by atoms with Crippen LogP contribution >= 0.6 is 0 Å². The molecule has 0 bridgehead atoms. The summed E-state index contributed by atoms with van der Waals surface area (Å²) < 4.78 is 12.5. The van der Waals surface area contributed by atoms with Crippen molar-refractivity contribution in [2.24, 2.45) is 0 Å². The molecule has 0 fully saturated rings. The van der Waals surface area contributed by atoms with Crippen molar-refractivity contribution in [3.05, 3.63) is 94.9 Å². The Hall–Kier alpha value is -4.77. The van der Waals surface area contributed by atoms with Gasteiger partial charge in [-0.2, -0.15) is 0 Å². The predicted octanol–water partition coefficient (Wildman–Crippen LogP) is 3.34. The molecule has 192 valence electrons. The molecule has 0 saturated heterocycles. The number of aromatic nitrogens is 5. The number of hydrogen-bond acceptors (Lipinski definition) is 8. The molecule has 3 N–H and O–H groups in total. The molecule has 11 heteroatoms. The number of anilines is 1. The van der Waals surface area contributed by atoms with Crippen molar-refractivity contribution < 1.29 is 13.9 Å². The molecule has 2 atom stereocenters. The molecule has 0 saturated carbocycles. The van der Waals surface area contributed by atoms with E-state index in [1.54, 1.807) is 25.8 Å². The number of methoxy groups -OCH3 is 1. The zero-order valence-corrected chi connectivity index (χ0v) is 20.5. The maximum absolute atomic E-state index is 13.4. The Morgan fingerprint density at radius 3 is 2.89 bits per heavy atom. The first-order valence-corrected chi connectivity index (χ1v) is 12.2. The highest BCUT2D eigenvalue weighted by molar-refractivity contribution is 5.82. The van der Waals surface area contributed by atoms with E-state index in [4.69, 9.17) is 9.15 Å². The Bertz CT molecular complexity index is 1620. The first-order chi connectivity index (χ1) is 18.6. The Morgan fingerprint density at radius 2 is 2.08 bits per heavy atom. The van der Waals surface area contributed by atoms with E-state index < -0.39 is 12.1 Å². The van der Waals surface area contributed by atoms with Crippen LogP contribution in [0.4, 0.5) is 5.69 Å². The number of carbonyl (C=O) groups excluding carboxylic acids is 1. The number of aromatic amines is 1. The highest BCUT2D eigenvalue weighted by Crippen LogP contribution is 2.34. The Kier molecular flexibility index (Phi) is 6.18. The summed E-state index contributed by atoms with van der Waals surface area (Å²) in [4.78, 5) is 43.0. The van der Waals surface area contributed by atoms with Gasteiger partial charge in [0, 0.05) is 48.1 Å². The summed E-state index contributed by atoms with van der Waals surface area (Å²) in [5.74, 6) is 0.636. The van der Waals surface area contributed by atoms with E-state index >= 15 is 0 Å². The van der Waals surface area contributed by atoms with Crippen molar-refractivity contribution in [3.8, 4) is 11.5 Å². The largest absolute Gasteiger partial charge is 0.444 e. The fourth-order valence-electron chi connectivity index (χ4n) is 4.70. The average Bonchev–Trinajstić information content (AvgIpc) is 3.68. The number of pyridine rings is 1. The van der Waals surface area contributed by atoms with E-state index in [1.807, 2.05) is 42.5 Å². The summed E-state index contributed by atoms with van der Waals surface area (Å²) in [7, 11) is 1.54. The third-order valence-electron chi connectivity index (χ3n) is 6.61. The molecular formula is C27H25N7O4. The van der Waals surface area contributed by atoms with Crippen LogP contribution in [-0.2, 0) is 22.6 Å². The summed E-state index contributed by atoms with van der Waals surface area (Å²) >= 11 is 0. The van der Waals surface area contributed by atoms with Gasteiger partial charge in [-0.15, -0.1) is 0 Å². The summed E-state index contributed by atoms with van der Waals surface area (Å²) in [5.41, 5.74) is 3.18. The van der Waals surface area contributed by atoms with Crippen LogP contribution in [0.5, 0.6) is 0 Å². The zero-order valence-electron chi connectivity index (χ0n) is 20.5. The minimum absolute atomic E-state index is 0.256. The van der Waals surface area contributed by atoms with Gasteiger partial charge < -0.3 is 24.8 Å². The van der Waals surface area contributed by atoms with Crippen LogP contribution in [0.25, 0.3) is 22.4 Å². The quantitative estimate of drug-likeness (QED) is 0.288. The van der Waals surface area contributed by atoms with E-state index in [1.165, 1.54) is 10.8 Å². The molecule has 0 radical (unpaired) electrons. The highest BCUT2D eigenvalue weighted by Gasteiger charge is 2.38. The second-order valence-corrected chi connectivity index (χ2v) is 9.02. The lowest BCUT2D eigenvalue weighted by Crippen LogP contribution is -2.36. The van der Waals surface area contributed by atoms with Crippen LogP contribution < -0.4 is 16.2 Å². The molecule has 4 aromatic heterocycles. The third-order valence-corrected chi connectivity index (χ3v) is 6.61. The molecule has 5 heterocycles. The number of hydrogen-bond donors (Lipinski definition) is 3. The van der Waals surface area contributed by atoms with Gasteiger partial charge in [-0.1, -0.05) is 18.2 Å². The number of ether oxygens (including phenoxy) is 1. The van der Waals surface area contributed by atoms with Gasteiger partial charge in [0.05, 0.1) is 25.0 Å². The van der Waals surface area contributed by atoms with E-state index in [9.17, 15) is 9.59 Å². The number of fused-ring (bicyclic) bond motifs is 2. The minimum atomic E-state index is -0.750. The SMILES string of the molecule is COC1C[C@@H](C(=O)NCc2cc3cnccc3[nH]2)n2c1ncc(NCc1coc(-c3ccccc3)n1)c2=O. The van der Waals surface area contributed by atoms with Crippen molar-refractivity contribution in [1.82, 2.24) is 29.8 Å². The third kappa shape index (κ3) is 4.43. The number of nitrogens with one attached hydrogen (secondary N) is 3. The van der Waals surface area contributed by atoms with Crippen molar-refractivity contribution in [2.75, 3.05) is 12.4 Å². The molecule has 1 aromatic carbocycles. The Balaban J connectivity index is 1.18. The number of amides is 1. The number of oxazole rings is 1. The molecule has 6 rings (SSSR count). The number of rotatable bonds is 8. The molecule has 5 aromatic rings. The summed E-state index contributed by atoms with van der Waals surface area (Å²) in [6.07, 6.45) is 6.33. The van der Waals surface area contributed by atoms with Crippen molar-refractivity contribution >= 4 is 22.5 Å². The fourth-order valence-corrected chi connectivity index (χ4v) is 4.70. The van der Waals surface area contributed by atoms with Crippen LogP contribution in [-0.4, -0.2) is 37.5 Å². The van der Waals surface area contributed by atoms with Crippen molar-refractivity contribution in [3.63, 3.8) is 0 Å². The van der Waals surface area contributed by atoms with Crippen LogP contribution in [0.2, 0.25) is 0 Å². The molecular weight excluding hydrogens is 486 g/mol. The van der Waals surface area contributed by atoms with Crippen LogP contribution in [0.15, 0.2) is 76.5 Å². The molecule has 38 heavy (non-hydrogen) atoms. The van der Waals surface area contributed by atoms with Crippen LogP contribution in [0, 0.1) is 0 Å². The fraction of sp³-hybridized carbons (Fsp3) is 0.222. The lowest BCUT2D eigenvalue weighted by atomic mass is 10.1. The topological polar surface area (TPSA) is 140 Å². The maximum Gasteiger partial charge on any atom is 0.277 e. The van der Waals surface area contributed by atoms with E-state index in [0.29, 0.717) is 23.8 Å². The van der Waals surface area contributed by atoms with Gasteiger partial charge in [0.25, 0.3) is 5.56 Å². The number of H-pyrrole nitrogens is 1. The van der Waals surface area contributed by atoms with Gasteiger partial charge in [0.1, 0.15) is 29.9 Å². The zero-order chi connectivity index (χ0) is 26.1. The average molecular weight is 512 g/mol. The van der Waals surface area contributed by atoms with E-state index in [-0.39, 0.29) is 30.2 Å². The standard InChI is InChI=1S/C27H25N7O4/c1-37-23-10-22(25(35)31-12-18-9-17-11-28-8-7-20(17)32-18)34-24(23)30-14-21(27(34)36)29-13-19-15-38-26(33-19)16-5-3-2-4-6-16/h2-9,11,14-15,22-23,29,32H,10,12-13H2,1H3,(H,31,35)/t22-,23?/m0/s1. The lowest BCUT2D eigenvalue weighted by Gasteiger charge is -2.15. The molecule has 1 amide bonds. The molecule has 1 aliphatic rings. The van der Waals surface area contributed by atoms with Crippen molar-refractivity contribution in [2.45, 2.75) is 31.7 Å². The molecule has 11 nitrogen and oxygen atoms in total. The molecule has 1 unspecified atom stereocenters. The smallest absolute Gasteiger partial charge is 0.277 e. The first-order valence-electron chi connectivity index (χ1n) is 12.2.